The molecule has 4 heteroatoms. The van der Waals surface area contributed by atoms with E-state index in [1.807, 2.05) is 6.92 Å². The molecule has 1 aliphatic rings. The van der Waals surface area contributed by atoms with Crippen molar-refractivity contribution in [3.8, 4) is 0 Å². The van der Waals surface area contributed by atoms with Crippen molar-refractivity contribution >= 4 is 17.5 Å². The zero-order valence-corrected chi connectivity index (χ0v) is 12.1. The molecule has 4 nitrogen and oxygen atoms in total. The molecule has 1 aliphatic carbocycles. The third kappa shape index (κ3) is 20.3. The van der Waals surface area contributed by atoms with Gasteiger partial charge >= 0.3 is 5.97 Å². The number of ether oxygens (including phenoxy) is 1. The Balaban J connectivity index is 0. The Morgan fingerprint density at radius 2 is 1.50 bits per heavy atom. The second kappa shape index (κ2) is 13.9. The van der Waals surface area contributed by atoms with Crippen LogP contribution in [0.1, 0.15) is 66.2 Å². The van der Waals surface area contributed by atoms with Gasteiger partial charge in [-0.2, -0.15) is 0 Å². The van der Waals surface area contributed by atoms with Gasteiger partial charge in [0.1, 0.15) is 11.6 Å². The fourth-order valence-corrected chi connectivity index (χ4v) is 1.15. The number of carbonyl (C=O) groups excluding carboxylic acids is 3. The quantitative estimate of drug-likeness (QED) is 0.714. The second-order valence-electron chi connectivity index (χ2n) is 4.08. The molecule has 1 fully saturated rings. The summed E-state index contributed by atoms with van der Waals surface area (Å²) in [5.41, 5.74) is 0. The van der Waals surface area contributed by atoms with E-state index in [1.165, 1.54) is 13.3 Å². The third-order valence-corrected chi connectivity index (χ3v) is 2.26. The summed E-state index contributed by atoms with van der Waals surface area (Å²) < 4.78 is 4.40. The van der Waals surface area contributed by atoms with Crippen molar-refractivity contribution in [3.63, 3.8) is 0 Å². The molecule has 106 valence electrons. The highest BCUT2D eigenvalue weighted by atomic mass is 16.5. The summed E-state index contributed by atoms with van der Waals surface area (Å²) in [4.78, 5) is 30.1. The number of hydrogen-bond acceptors (Lipinski definition) is 4. The molecule has 18 heavy (non-hydrogen) atoms. The fraction of sp³-hybridized carbons (Fsp3) is 0.786. The SMILES string of the molecule is CCC(C)=O.CCOC(C)=O.O=C1CCCCC1. The first-order valence-electron chi connectivity index (χ1n) is 6.58. The molecule has 0 unspecified atom stereocenters. The molecule has 0 aromatic heterocycles. The van der Waals surface area contributed by atoms with Gasteiger partial charge < -0.3 is 9.53 Å². The first-order valence-corrected chi connectivity index (χ1v) is 6.58. The largest absolute Gasteiger partial charge is 0.466 e. The molecule has 0 N–H and O–H groups in total. The number of ketones is 2. The Hall–Kier alpha value is -1.19. The van der Waals surface area contributed by atoms with E-state index in [1.54, 1.807) is 13.8 Å². The molecule has 0 aliphatic heterocycles. The summed E-state index contributed by atoms with van der Waals surface area (Å²) in [5, 5.41) is 0. The molecule has 0 atom stereocenters. The minimum Gasteiger partial charge on any atom is -0.466 e. The van der Waals surface area contributed by atoms with E-state index in [2.05, 4.69) is 4.74 Å². The van der Waals surface area contributed by atoms with Crippen LogP contribution >= 0.6 is 0 Å². The Labute approximate surface area is 110 Å². The van der Waals surface area contributed by atoms with Crippen molar-refractivity contribution in [1.29, 1.82) is 0 Å². The topological polar surface area (TPSA) is 60.4 Å². The second-order valence-corrected chi connectivity index (χ2v) is 4.08. The van der Waals surface area contributed by atoms with Crippen molar-refractivity contribution < 1.29 is 19.1 Å². The van der Waals surface area contributed by atoms with Gasteiger partial charge in [-0.1, -0.05) is 13.3 Å². The molecular formula is C14H26O4. The maximum atomic E-state index is 10.5. The minimum atomic E-state index is -0.211. The van der Waals surface area contributed by atoms with Gasteiger partial charge in [-0.3, -0.25) is 9.59 Å². The predicted octanol–water partition coefficient (Wildman–Crippen LogP) is 3.07. The maximum Gasteiger partial charge on any atom is 0.302 e. The van der Waals surface area contributed by atoms with Crippen LogP contribution in [0.25, 0.3) is 0 Å². The van der Waals surface area contributed by atoms with Gasteiger partial charge in [0.15, 0.2) is 0 Å². The Bertz CT molecular complexity index is 238. The average molecular weight is 258 g/mol. The molecule has 0 saturated heterocycles. The van der Waals surface area contributed by atoms with E-state index in [0.29, 0.717) is 18.8 Å². The summed E-state index contributed by atoms with van der Waals surface area (Å²) in [6.45, 7) is 7.09. The van der Waals surface area contributed by atoms with Crippen LogP contribution in [-0.2, 0) is 19.1 Å². The van der Waals surface area contributed by atoms with Crippen LogP contribution in [0.15, 0.2) is 0 Å². The Kier molecular flexibility index (Phi) is 14.8. The van der Waals surface area contributed by atoms with Gasteiger partial charge in [0.05, 0.1) is 6.61 Å². The van der Waals surface area contributed by atoms with Gasteiger partial charge in [0.2, 0.25) is 0 Å². The van der Waals surface area contributed by atoms with E-state index < -0.39 is 0 Å². The normalized spacial score (nSPS) is 13.4. The smallest absolute Gasteiger partial charge is 0.302 e. The molecule has 1 saturated carbocycles. The van der Waals surface area contributed by atoms with E-state index in [4.69, 9.17) is 0 Å². The lowest BCUT2D eigenvalue weighted by Crippen LogP contribution is -2.02. The van der Waals surface area contributed by atoms with Crippen LogP contribution < -0.4 is 0 Å². The van der Waals surface area contributed by atoms with Crippen LogP contribution in [0.3, 0.4) is 0 Å². The Morgan fingerprint density at radius 3 is 1.61 bits per heavy atom. The summed E-state index contributed by atoms with van der Waals surface area (Å²) >= 11 is 0. The van der Waals surface area contributed by atoms with E-state index in [0.717, 1.165) is 25.7 Å². The van der Waals surface area contributed by atoms with Crippen molar-refractivity contribution in [3.05, 3.63) is 0 Å². The van der Waals surface area contributed by atoms with Crippen molar-refractivity contribution in [2.75, 3.05) is 6.61 Å². The first-order chi connectivity index (χ1) is 8.43. The third-order valence-electron chi connectivity index (χ3n) is 2.26. The number of rotatable bonds is 2. The summed E-state index contributed by atoms with van der Waals surface area (Å²) in [5.74, 6) is 0.508. The lowest BCUT2D eigenvalue weighted by molar-refractivity contribution is -0.140. The lowest BCUT2D eigenvalue weighted by Gasteiger charge is -2.05. The van der Waals surface area contributed by atoms with Crippen LogP contribution in [0.2, 0.25) is 0 Å². The summed E-state index contributed by atoms with van der Waals surface area (Å²) in [6, 6.07) is 0. The molecule has 0 heterocycles. The van der Waals surface area contributed by atoms with Gasteiger partial charge in [0, 0.05) is 26.2 Å². The molecular weight excluding hydrogens is 232 g/mol. The summed E-state index contributed by atoms with van der Waals surface area (Å²) in [6.07, 6.45) is 5.91. The zero-order valence-electron chi connectivity index (χ0n) is 12.1. The molecule has 0 aromatic carbocycles. The van der Waals surface area contributed by atoms with Gasteiger partial charge in [-0.05, 0) is 26.7 Å². The van der Waals surface area contributed by atoms with Gasteiger partial charge in [0.25, 0.3) is 0 Å². The number of esters is 1. The molecule has 0 amide bonds. The molecule has 1 rings (SSSR count). The number of carbonyl (C=O) groups is 3. The highest BCUT2D eigenvalue weighted by Crippen LogP contribution is 2.12. The number of Topliss-reactive ketones (excluding diaryl/α,β-unsaturated/α-hetero) is 2. The zero-order chi connectivity index (χ0) is 14.4. The lowest BCUT2D eigenvalue weighted by atomic mass is 10.00. The van der Waals surface area contributed by atoms with Crippen LogP contribution in [0, 0.1) is 0 Å². The highest BCUT2D eigenvalue weighted by Gasteiger charge is 2.05. The van der Waals surface area contributed by atoms with Crippen molar-refractivity contribution in [1.82, 2.24) is 0 Å². The molecule has 0 bridgehead atoms. The fourth-order valence-electron chi connectivity index (χ4n) is 1.15. The van der Waals surface area contributed by atoms with Gasteiger partial charge in [-0.15, -0.1) is 0 Å². The Morgan fingerprint density at radius 1 is 1.06 bits per heavy atom. The van der Waals surface area contributed by atoms with Crippen LogP contribution in [0.4, 0.5) is 0 Å². The molecule has 0 radical (unpaired) electrons. The van der Waals surface area contributed by atoms with Crippen LogP contribution in [-0.4, -0.2) is 24.1 Å². The predicted molar refractivity (Wildman–Crippen MR) is 71.4 cm³/mol. The number of hydrogen-bond donors (Lipinski definition) is 0. The van der Waals surface area contributed by atoms with E-state index >= 15 is 0 Å². The van der Waals surface area contributed by atoms with Crippen molar-refractivity contribution in [2.24, 2.45) is 0 Å². The first kappa shape index (κ1) is 19.2. The van der Waals surface area contributed by atoms with E-state index in [9.17, 15) is 14.4 Å². The van der Waals surface area contributed by atoms with Crippen molar-refractivity contribution in [2.45, 2.75) is 66.2 Å². The average Bonchev–Trinajstić information content (AvgIpc) is 2.31. The summed E-state index contributed by atoms with van der Waals surface area (Å²) in [7, 11) is 0. The highest BCUT2D eigenvalue weighted by molar-refractivity contribution is 5.78. The maximum absolute atomic E-state index is 10.5. The monoisotopic (exact) mass is 258 g/mol. The standard InChI is InChI=1S/C6H10O.C4H8O2.C4H8O/c7-6-4-2-1-3-5-6;1-3-6-4(2)5;1-3-4(2)5/h1-5H2;3H2,1-2H3;3H2,1-2H3. The molecule has 0 aromatic rings. The minimum absolute atomic E-state index is 0.211. The van der Waals surface area contributed by atoms with E-state index in [-0.39, 0.29) is 11.8 Å². The molecule has 0 spiro atoms. The van der Waals surface area contributed by atoms with Gasteiger partial charge in [-0.25, -0.2) is 0 Å². The van der Waals surface area contributed by atoms with Crippen LogP contribution in [0.5, 0.6) is 0 Å².